The van der Waals surface area contributed by atoms with Crippen LogP contribution in [0, 0.1) is 0 Å². The number of carboxylic acid groups (broad SMARTS) is 2. The maximum Gasteiger partial charge on any atom is 0.325 e. The van der Waals surface area contributed by atoms with Gasteiger partial charge in [-0.05, 0) is 13.8 Å². The molecule has 0 amide bonds. The zero-order valence-corrected chi connectivity index (χ0v) is 8.37. The molecule has 6 nitrogen and oxygen atoms in total. The molecule has 0 bridgehead atoms. The third kappa shape index (κ3) is 1.36. The minimum atomic E-state index is -1.21. The van der Waals surface area contributed by atoms with Crippen LogP contribution in [0.5, 0.6) is 0 Å². The van der Waals surface area contributed by atoms with Gasteiger partial charge in [0.05, 0.1) is 0 Å². The fraction of sp³-hybridized carbons (Fsp3) is 0.750. The summed E-state index contributed by atoms with van der Waals surface area (Å²) in [6.45, 7) is 2.97. The number of hydrogen-bond donors (Lipinski definition) is 3. The lowest BCUT2D eigenvalue weighted by Gasteiger charge is -2.25. The molecular weight excluding hydrogens is 188 g/mol. The maximum atomic E-state index is 11.0. The van der Waals surface area contributed by atoms with Crippen LogP contribution in [0.15, 0.2) is 0 Å². The predicted octanol–water partition coefficient (Wildman–Crippen LogP) is -0.487. The first-order chi connectivity index (χ1) is 6.22. The summed E-state index contributed by atoms with van der Waals surface area (Å²) in [5.74, 6) is -2.08. The van der Waals surface area contributed by atoms with Crippen LogP contribution in [0.1, 0.15) is 20.3 Å². The van der Waals surface area contributed by atoms with Crippen molar-refractivity contribution in [3.05, 3.63) is 0 Å². The van der Waals surface area contributed by atoms with E-state index in [0.717, 1.165) is 0 Å². The summed E-state index contributed by atoms with van der Waals surface area (Å²) < 4.78 is 0. The fourth-order valence-electron chi connectivity index (χ4n) is 1.68. The third-order valence-electron chi connectivity index (χ3n) is 2.79. The van der Waals surface area contributed by atoms with Crippen molar-refractivity contribution in [3.63, 3.8) is 0 Å². The smallest absolute Gasteiger partial charge is 0.325 e. The molecule has 0 radical (unpaired) electrons. The lowest BCUT2D eigenvalue weighted by atomic mass is 9.88. The Balaban J connectivity index is 2.99. The Kier molecular flexibility index (Phi) is 2.29. The van der Waals surface area contributed by atoms with Crippen molar-refractivity contribution in [1.82, 2.24) is 10.4 Å². The highest BCUT2D eigenvalue weighted by molar-refractivity contribution is 5.84. The monoisotopic (exact) mass is 202 g/mol. The number of hydrazine groups is 1. The molecule has 3 N–H and O–H groups in total. The number of likely N-dealkylation sites (N-methyl/N-ethyl adjacent to an activating group) is 1. The van der Waals surface area contributed by atoms with Crippen molar-refractivity contribution in [3.8, 4) is 0 Å². The molecule has 0 unspecified atom stereocenters. The van der Waals surface area contributed by atoms with Crippen molar-refractivity contribution < 1.29 is 19.8 Å². The molecule has 0 aromatic carbocycles. The second kappa shape index (κ2) is 2.93. The van der Waals surface area contributed by atoms with E-state index in [4.69, 9.17) is 10.2 Å². The van der Waals surface area contributed by atoms with Gasteiger partial charge < -0.3 is 10.2 Å². The van der Waals surface area contributed by atoms with E-state index in [1.807, 2.05) is 0 Å². The van der Waals surface area contributed by atoms with E-state index in [1.54, 1.807) is 0 Å². The standard InChI is InChI=1S/C8H14N2O4/c1-7(5(11)12)4-8(2,6(13)14)10(3)9-7/h9H,4H2,1-3H3,(H,11,12)(H,13,14)/t7-,8-/m0/s1. The summed E-state index contributed by atoms with van der Waals surface area (Å²) in [5.41, 5.74) is 0.275. The topological polar surface area (TPSA) is 89.9 Å². The summed E-state index contributed by atoms with van der Waals surface area (Å²) >= 11 is 0. The van der Waals surface area contributed by atoms with E-state index >= 15 is 0 Å². The summed E-state index contributed by atoms with van der Waals surface area (Å²) in [4.78, 5) is 21.9. The predicted molar refractivity (Wildman–Crippen MR) is 47.6 cm³/mol. The summed E-state index contributed by atoms with van der Waals surface area (Å²) in [6, 6.07) is 0. The molecule has 0 saturated carbocycles. The number of aliphatic carboxylic acids is 2. The Morgan fingerprint density at radius 1 is 1.29 bits per heavy atom. The SMILES string of the molecule is CN1N[C@](C)(C(=O)O)C[C@@]1(C)C(=O)O. The molecule has 1 saturated heterocycles. The molecule has 6 heteroatoms. The van der Waals surface area contributed by atoms with Crippen LogP contribution in [0.2, 0.25) is 0 Å². The zero-order chi connectivity index (χ0) is 11.1. The maximum absolute atomic E-state index is 11.0. The quantitative estimate of drug-likeness (QED) is 0.560. The number of carboxylic acids is 2. The van der Waals surface area contributed by atoms with Crippen LogP contribution in [-0.4, -0.2) is 45.3 Å². The minimum absolute atomic E-state index is 0.0289. The molecule has 80 valence electrons. The molecule has 1 fully saturated rings. The molecule has 0 aromatic heterocycles. The van der Waals surface area contributed by atoms with Gasteiger partial charge in [0, 0.05) is 13.5 Å². The van der Waals surface area contributed by atoms with Gasteiger partial charge in [0.1, 0.15) is 11.1 Å². The Hall–Kier alpha value is -1.14. The van der Waals surface area contributed by atoms with Crippen molar-refractivity contribution >= 4 is 11.9 Å². The molecule has 1 rings (SSSR count). The van der Waals surface area contributed by atoms with E-state index in [-0.39, 0.29) is 6.42 Å². The second-order valence-corrected chi connectivity index (χ2v) is 4.06. The van der Waals surface area contributed by atoms with E-state index in [1.165, 1.54) is 25.9 Å². The molecule has 1 heterocycles. The van der Waals surface area contributed by atoms with Gasteiger partial charge in [0.2, 0.25) is 0 Å². The highest BCUT2D eigenvalue weighted by Crippen LogP contribution is 2.32. The molecule has 1 aliphatic rings. The second-order valence-electron chi connectivity index (χ2n) is 4.06. The van der Waals surface area contributed by atoms with Crippen LogP contribution in [0.3, 0.4) is 0 Å². The van der Waals surface area contributed by atoms with Crippen molar-refractivity contribution in [1.29, 1.82) is 0 Å². The number of nitrogens with one attached hydrogen (secondary N) is 1. The van der Waals surface area contributed by atoms with Crippen molar-refractivity contribution in [2.75, 3.05) is 7.05 Å². The zero-order valence-electron chi connectivity index (χ0n) is 8.37. The average Bonchev–Trinajstić information content (AvgIpc) is 2.25. The van der Waals surface area contributed by atoms with Crippen LogP contribution >= 0.6 is 0 Å². The third-order valence-corrected chi connectivity index (χ3v) is 2.79. The Labute approximate surface area is 81.5 Å². The average molecular weight is 202 g/mol. The van der Waals surface area contributed by atoms with Crippen molar-refractivity contribution in [2.24, 2.45) is 0 Å². The Morgan fingerprint density at radius 3 is 2.00 bits per heavy atom. The van der Waals surface area contributed by atoms with E-state index < -0.39 is 23.0 Å². The van der Waals surface area contributed by atoms with Gasteiger partial charge in [-0.3, -0.25) is 9.59 Å². The fourth-order valence-corrected chi connectivity index (χ4v) is 1.68. The van der Waals surface area contributed by atoms with Crippen LogP contribution in [0.4, 0.5) is 0 Å². The van der Waals surface area contributed by atoms with E-state index in [2.05, 4.69) is 5.43 Å². The first-order valence-corrected chi connectivity index (χ1v) is 4.21. The molecule has 1 aliphatic heterocycles. The summed E-state index contributed by atoms with van der Waals surface area (Å²) in [5, 5.41) is 19.2. The first kappa shape index (κ1) is 10.9. The van der Waals surface area contributed by atoms with Gasteiger partial charge in [-0.2, -0.15) is 0 Å². The van der Waals surface area contributed by atoms with Crippen LogP contribution in [-0.2, 0) is 9.59 Å². The summed E-state index contributed by atoms with van der Waals surface area (Å²) in [6.07, 6.45) is 0.0289. The van der Waals surface area contributed by atoms with Gasteiger partial charge >= 0.3 is 11.9 Å². The largest absolute Gasteiger partial charge is 0.480 e. The molecule has 0 aromatic rings. The van der Waals surface area contributed by atoms with Gasteiger partial charge in [0.25, 0.3) is 0 Å². The number of hydrogen-bond acceptors (Lipinski definition) is 4. The van der Waals surface area contributed by atoms with E-state index in [9.17, 15) is 9.59 Å². The number of nitrogens with zero attached hydrogens (tertiary/aromatic N) is 1. The van der Waals surface area contributed by atoms with Gasteiger partial charge in [0.15, 0.2) is 0 Å². The highest BCUT2D eigenvalue weighted by atomic mass is 16.4. The van der Waals surface area contributed by atoms with E-state index in [0.29, 0.717) is 0 Å². The Bertz CT molecular complexity index is 293. The molecule has 14 heavy (non-hydrogen) atoms. The van der Waals surface area contributed by atoms with Gasteiger partial charge in [-0.25, -0.2) is 10.4 Å². The summed E-state index contributed by atoms with van der Waals surface area (Å²) in [7, 11) is 1.53. The lowest BCUT2D eigenvalue weighted by Crippen LogP contribution is -2.51. The molecule has 2 atom stereocenters. The highest BCUT2D eigenvalue weighted by Gasteiger charge is 2.54. The van der Waals surface area contributed by atoms with Gasteiger partial charge in [-0.1, -0.05) is 0 Å². The van der Waals surface area contributed by atoms with Gasteiger partial charge in [-0.15, -0.1) is 0 Å². The van der Waals surface area contributed by atoms with Crippen molar-refractivity contribution in [2.45, 2.75) is 31.3 Å². The Morgan fingerprint density at radius 2 is 1.79 bits per heavy atom. The molecular formula is C8H14N2O4. The number of rotatable bonds is 2. The number of carbonyl (C=O) groups is 2. The first-order valence-electron chi connectivity index (χ1n) is 4.21. The van der Waals surface area contributed by atoms with Crippen LogP contribution < -0.4 is 5.43 Å². The molecule has 0 spiro atoms. The minimum Gasteiger partial charge on any atom is -0.480 e. The normalized spacial score (nSPS) is 38.5. The lowest BCUT2D eigenvalue weighted by molar-refractivity contribution is -0.148. The molecule has 0 aliphatic carbocycles. The van der Waals surface area contributed by atoms with Crippen LogP contribution in [0.25, 0.3) is 0 Å².